The first-order chi connectivity index (χ1) is 9.33. The van der Waals surface area contributed by atoms with E-state index in [9.17, 15) is 0 Å². The number of rotatable bonds is 4. The molecular weight excluding hydrogens is 244 g/mol. The number of aryl methyl sites for hydroxylation is 1. The lowest BCUT2D eigenvalue weighted by atomic mass is 10.2. The minimum Gasteiger partial charge on any atom is -0.379 e. The molecule has 2 aliphatic rings. The standard InChI is InChI=1S/C13H22N4O2/c1-11-14-13(15-19-11)12-3-2-4-17(12)6-5-16-7-9-18-10-8-16/h12H,2-10H2,1H3. The zero-order valence-corrected chi connectivity index (χ0v) is 11.5. The van der Waals surface area contributed by atoms with Gasteiger partial charge in [0.05, 0.1) is 19.3 Å². The molecule has 0 spiro atoms. The van der Waals surface area contributed by atoms with Gasteiger partial charge >= 0.3 is 0 Å². The molecule has 1 atom stereocenters. The van der Waals surface area contributed by atoms with Gasteiger partial charge in [0.15, 0.2) is 5.82 Å². The minimum atomic E-state index is 0.346. The molecule has 3 rings (SSSR count). The summed E-state index contributed by atoms with van der Waals surface area (Å²) in [5, 5.41) is 4.08. The summed E-state index contributed by atoms with van der Waals surface area (Å²) in [4.78, 5) is 9.34. The fourth-order valence-corrected chi connectivity index (χ4v) is 2.93. The van der Waals surface area contributed by atoms with Gasteiger partial charge in [0.25, 0.3) is 0 Å². The van der Waals surface area contributed by atoms with Crippen molar-refractivity contribution in [2.45, 2.75) is 25.8 Å². The Kier molecular flexibility index (Phi) is 4.10. The highest BCUT2D eigenvalue weighted by Crippen LogP contribution is 2.29. The Labute approximate surface area is 113 Å². The van der Waals surface area contributed by atoms with Gasteiger partial charge in [0.1, 0.15) is 0 Å². The van der Waals surface area contributed by atoms with Crippen molar-refractivity contribution in [2.24, 2.45) is 0 Å². The molecule has 0 N–H and O–H groups in total. The highest BCUT2D eigenvalue weighted by molar-refractivity contribution is 4.97. The molecule has 106 valence electrons. The van der Waals surface area contributed by atoms with Crippen LogP contribution in [0.3, 0.4) is 0 Å². The molecular formula is C13H22N4O2. The number of ether oxygens (including phenoxy) is 1. The van der Waals surface area contributed by atoms with Crippen LogP contribution < -0.4 is 0 Å². The summed E-state index contributed by atoms with van der Waals surface area (Å²) >= 11 is 0. The lowest BCUT2D eigenvalue weighted by Crippen LogP contribution is -2.41. The maximum absolute atomic E-state index is 5.38. The lowest BCUT2D eigenvalue weighted by Gasteiger charge is -2.30. The number of morpholine rings is 1. The third kappa shape index (κ3) is 3.13. The Morgan fingerprint density at radius 2 is 2.05 bits per heavy atom. The van der Waals surface area contributed by atoms with Crippen LogP contribution in [0.5, 0.6) is 0 Å². The van der Waals surface area contributed by atoms with Crippen LogP contribution in [0.15, 0.2) is 4.52 Å². The quantitative estimate of drug-likeness (QED) is 0.805. The number of likely N-dealkylation sites (tertiary alicyclic amines) is 1. The third-order valence-corrected chi connectivity index (χ3v) is 4.01. The zero-order chi connectivity index (χ0) is 13.1. The van der Waals surface area contributed by atoms with Gasteiger partial charge in [0, 0.05) is 33.1 Å². The molecule has 2 aliphatic heterocycles. The molecule has 6 nitrogen and oxygen atoms in total. The summed E-state index contributed by atoms with van der Waals surface area (Å²) in [6.45, 7) is 9.03. The second-order valence-corrected chi connectivity index (χ2v) is 5.32. The lowest BCUT2D eigenvalue weighted by molar-refractivity contribution is 0.0324. The van der Waals surface area contributed by atoms with Crippen LogP contribution in [0.2, 0.25) is 0 Å². The van der Waals surface area contributed by atoms with Crippen molar-refractivity contribution in [2.75, 3.05) is 45.9 Å². The molecule has 0 bridgehead atoms. The molecule has 2 saturated heterocycles. The molecule has 19 heavy (non-hydrogen) atoms. The van der Waals surface area contributed by atoms with Crippen LogP contribution in [0.1, 0.15) is 30.6 Å². The topological polar surface area (TPSA) is 54.6 Å². The molecule has 2 fully saturated rings. The van der Waals surface area contributed by atoms with Crippen molar-refractivity contribution in [1.29, 1.82) is 0 Å². The average molecular weight is 266 g/mol. The molecule has 6 heteroatoms. The first-order valence-corrected chi connectivity index (χ1v) is 7.17. The Morgan fingerprint density at radius 1 is 1.21 bits per heavy atom. The molecule has 0 radical (unpaired) electrons. The van der Waals surface area contributed by atoms with E-state index in [-0.39, 0.29) is 0 Å². The van der Waals surface area contributed by atoms with E-state index in [4.69, 9.17) is 9.26 Å². The molecule has 0 aromatic carbocycles. The van der Waals surface area contributed by atoms with E-state index in [0.717, 1.165) is 58.2 Å². The number of hydrogen-bond donors (Lipinski definition) is 0. The van der Waals surface area contributed by atoms with Gasteiger partial charge in [-0.1, -0.05) is 5.16 Å². The molecule has 1 unspecified atom stereocenters. The molecule has 0 aliphatic carbocycles. The summed E-state index contributed by atoms with van der Waals surface area (Å²) in [6.07, 6.45) is 2.36. The van der Waals surface area contributed by atoms with Crippen molar-refractivity contribution in [3.63, 3.8) is 0 Å². The van der Waals surface area contributed by atoms with Gasteiger partial charge in [-0.25, -0.2) is 0 Å². The van der Waals surface area contributed by atoms with Gasteiger partial charge in [-0.2, -0.15) is 4.98 Å². The number of aromatic nitrogens is 2. The summed E-state index contributed by atoms with van der Waals surface area (Å²) in [5.74, 6) is 1.52. The van der Waals surface area contributed by atoms with Crippen molar-refractivity contribution in [3.8, 4) is 0 Å². The maximum atomic E-state index is 5.38. The average Bonchev–Trinajstić information content (AvgIpc) is 3.06. The SMILES string of the molecule is Cc1nc(C2CCCN2CCN2CCOCC2)no1. The normalized spacial score (nSPS) is 26.1. The van der Waals surface area contributed by atoms with E-state index in [1.165, 1.54) is 6.42 Å². The van der Waals surface area contributed by atoms with E-state index in [1.54, 1.807) is 0 Å². The van der Waals surface area contributed by atoms with Crippen molar-refractivity contribution >= 4 is 0 Å². The fraction of sp³-hybridized carbons (Fsp3) is 0.846. The third-order valence-electron chi connectivity index (χ3n) is 4.01. The van der Waals surface area contributed by atoms with Crippen LogP contribution in [0.4, 0.5) is 0 Å². The van der Waals surface area contributed by atoms with E-state index >= 15 is 0 Å². The molecule has 1 aromatic rings. The largest absolute Gasteiger partial charge is 0.379 e. The fourth-order valence-electron chi connectivity index (χ4n) is 2.93. The Balaban J connectivity index is 1.54. The van der Waals surface area contributed by atoms with Crippen molar-refractivity contribution in [3.05, 3.63) is 11.7 Å². The summed E-state index contributed by atoms with van der Waals surface area (Å²) in [7, 11) is 0. The van der Waals surface area contributed by atoms with Crippen LogP contribution in [0.25, 0.3) is 0 Å². The molecule has 1 aromatic heterocycles. The molecule has 0 saturated carbocycles. The summed E-state index contributed by atoms with van der Waals surface area (Å²) in [5.41, 5.74) is 0. The Hall–Kier alpha value is -0.980. The molecule has 3 heterocycles. The van der Waals surface area contributed by atoms with E-state index < -0.39 is 0 Å². The van der Waals surface area contributed by atoms with Crippen molar-refractivity contribution in [1.82, 2.24) is 19.9 Å². The smallest absolute Gasteiger partial charge is 0.223 e. The predicted octanol–water partition coefficient (Wildman–Crippen LogP) is 0.847. The monoisotopic (exact) mass is 266 g/mol. The minimum absolute atomic E-state index is 0.346. The van der Waals surface area contributed by atoms with Gasteiger partial charge in [-0.05, 0) is 19.4 Å². The maximum Gasteiger partial charge on any atom is 0.223 e. The Morgan fingerprint density at radius 3 is 2.79 bits per heavy atom. The van der Waals surface area contributed by atoms with Gasteiger partial charge < -0.3 is 9.26 Å². The van der Waals surface area contributed by atoms with E-state index in [1.807, 2.05) is 6.92 Å². The van der Waals surface area contributed by atoms with Gasteiger partial charge in [-0.3, -0.25) is 9.80 Å². The van der Waals surface area contributed by atoms with Crippen LogP contribution in [0, 0.1) is 6.92 Å². The zero-order valence-electron chi connectivity index (χ0n) is 11.5. The van der Waals surface area contributed by atoms with E-state index in [0.29, 0.717) is 11.9 Å². The Bertz CT molecular complexity index is 403. The first-order valence-electron chi connectivity index (χ1n) is 7.17. The number of nitrogens with zero attached hydrogens (tertiary/aromatic N) is 4. The van der Waals surface area contributed by atoms with Gasteiger partial charge in [0.2, 0.25) is 5.89 Å². The second kappa shape index (κ2) is 5.98. The first kappa shape index (κ1) is 13.0. The highest BCUT2D eigenvalue weighted by atomic mass is 16.5. The van der Waals surface area contributed by atoms with Crippen LogP contribution in [-0.2, 0) is 4.74 Å². The van der Waals surface area contributed by atoms with Crippen LogP contribution >= 0.6 is 0 Å². The molecule has 0 amide bonds. The van der Waals surface area contributed by atoms with Crippen LogP contribution in [-0.4, -0.2) is 65.9 Å². The summed E-state index contributed by atoms with van der Waals surface area (Å²) in [6, 6.07) is 0.346. The predicted molar refractivity (Wildman–Crippen MR) is 69.8 cm³/mol. The number of hydrogen-bond acceptors (Lipinski definition) is 6. The van der Waals surface area contributed by atoms with Gasteiger partial charge in [-0.15, -0.1) is 0 Å². The highest BCUT2D eigenvalue weighted by Gasteiger charge is 2.29. The second-order valence-electron chi connectivity index (χ2n) is 5.32. The van der Waals surface area contributed by atoms with E-state index in [2.05, 4.69) is 19.9 Å². The van der Waals surface area contributed by atoms with Crippen molar-refractivity contribution < 1.29 is 9.26 Å². The summed E-state index contributed by atoms with van der Waals surface area (Å²) < 4.78 is 10.5.